The van der Waals surface area contributed by atoms with Gasteiger partial charge in [0.2, 0.25) is 11.2 Å². The van der Waals surface area contributed by atoms with Gasteiger partial charge in [0.15, 0.2) is 0 Å². The maximum atomic E-state index is 5.82. The highest BCUT2D eigenvalue weighted by Gasteiger charge is 2.24. The van der Waals surface area contributed by atoms with Crippen molar-refractivity contribution in [3.05, 3.63) is 11.1 Å². The largest absolute Gasteiger partial charge is 0.372 e. The van der Waals surface area contributed by atoms with E-state index in [1.165, 1.54) is 0 Å². The number of aryl methyl sites for hydroxylation is 1. The second kappa shape index (κ2) is 4.51. The van der Waals surface area contributed by atoms with Crippen molar-refractivity contribution in [2.45, 2.75) is 33.0 Å². The number of hydrogen-bond acceptors (Lipinski definition) is 5. The highest BCUT2D eigenvalue weighted by atomic mass is 35.5. The number of morpholine rings is 1. The van der Waals surface area contributed by atoms with Crippen LogP contribution in [0.3, 0.4) is 0 Å². The molecule has 88 valence electrons. The number of nitrogens with zero attached hydrogens (tertiary/aromatic N) is 4. The number of halogens is 1. The van der Waals surface area contributed by atoms with Crippen LogP contribution in [0.2, 0.25) is 5.28 Å². The fourth-order valence-electron chi connectivity index (χ4n) is 1.92. The first kappa shape index (κ1) is 11.5. The Hall–Kier alpha value is -0.940. The van der Waals surface area contributed by atoms with Crippen LogP contribution < -0.4 is 4.90 Å². The zero-order valence-corrected chi connectivity index (χ0v) is 10.4. The van der Waals surface area contributed by atoms with Crippen molar-refractivity contribution >= 4 is 17.5 Å². The van der Waals surface area contributed by atoms with Crippen molar-refractivity contribution in [2.75, 3.05) is 18.0 Å². The van der Waals surface area contributed by atoms with Gasteiger partial charge in [-0.2, -0.15) is 9.97 Å². The molecule has 6 heteroatoms. The lowest BCUT2D eigenvalue weighted by Crippen LogP contribution is -2.46. The van der Waals surface area contributed by atoms with Gasteiger partial charge in [-0.15, -0.1) is 0 Å². The fourth-order valence-corrected chi connectivity index (χ4v) is 2.12. The molecule has 0 bridgehead atoms. The molecule has 0 N–H and O–H groups in total. The molecular weight excluding hydrogens is 228 g/mol. The Morgan fingerprint density at radius 1 is 1.19 bits per heavy atom. The minimum atomic E-state index is 0.180. The first-order valence-corrected chi connectivity index (χ1v) is 5.71. The van der Waals surface area contributed by atoms with Gasteiger partial charge >= 0.3 is 0 Å². The highest BCUT2D eigenvalue weighted by Crippen LogP contribution is 2.17. The third-order valence-corrected chi connectivity index (χ3v) is 2.58. The summed E-state index contributed by atoms with van der Waals surface area (Å²) in [5.74, 6) is 1.28. The van der Waals surface area contributed by atoms with Gasteiger partial charge < -0.3 is 9.64 Å². The molecule has 16 heavy (non-hydrogen) atoms. The molecule has 0 aromatic carbocycles. The Labute approximate surface area is 99.8 Å². The zero-order chi connectivity index (χ0) is 11.7. The van der Waals surface area contributed by atoms with Crippen LogP contribution in [0.5, 0.6) is 0 Å². The number of hydrogen-bond donors (Lipinski definition) is 0. The van der Waals surface area contributed by atoms with Crippen LogP contribution in [0.25, 0.3) is 0 Å². The molecule has 0 radical (unpaired) electrons. The predicted molar refractivity (Wildman–Crippen MR) is 61.8 cm³/mol. The van der Waals surface area contributed by atoms with E-state index < -0.39 is 0 Å². The number of rotatable bonds is 1. The molecule has 0 amide bonds. The highest BCUT2D eigenvalue weighted by molar-refractivity contribution is 6.28. The summed E-state index contributed by atoms with van der Waals surface area (Å²) < 4.78 is 5.65. The third-order valence-electron chi connectivity index (χ3n) is 2.41. The summed E-state index contributed by atoms with van der Waals surface area (Å²) in [6.07, 6.45) is 0.360. The molecule has 1 aromatic heterocycles. The SMILES string of the molecule is Cc1nc(Cl)nc(N2CC(C)OC(C)C2)n1. The van der Waals surface area contributed by atoms with E-state index in [2.05, 4.69) is 19.9 Å². The maximum Gasteiger partial charge on any atom is 0.230 e. The van der Waals surface area contributed by atoms with E-state index >= 15 is 0 Å². The third kappa shape index (κ3) is 2.59. The van der Waals surface area contributed by atoms with E-state index in [-0.39, 0.29) is 17.5 Å². The molecule has 1 aliphatic rings. The molecule has 1 aromatic rings. The van der Waals surface area contributed by atoms with Crippen LogP contribution >= 0.6 is 11.6 Å². The standard InChI is InChI=1S/C10H15ClN4O/c1-6-4-15(5-7(2)16-6)10-13-8(3)12-9(11)14-10/h6-7H,4-5H2,1-3H3. The van der Waals surface area contributed by atoms with Crippen molar-refractivity contribution in [1.29, 1.82) is 0 Å². The molecule has 5 nitrogen and oxygen atoms in total. The quantitative estimate of drug-likeness (QED) is 0.746. The Kier molecular flexibility index (Phi) is 3.25. The van der Waals surface area contributed by atoms with E-state index in [1.807, 2.05) is 20.8 Å². The van der Waals surface area contributed by atoms with Crippen molar-refractivity contribution in [1.82, 2.24) is 15.0 Å². The topological polar surface area (TPSA) is 51.1 Å². The summed E-state index contributed by atoms with van der Waals surface area (Å²) >= 11 is 5.82. The molecule has 2 heterocycles. The second-order valence-corrected chi connectivity index (χ2v) is 4.45. The van der Waals surface area contributed by atoms with Crippen molar-refractivity contribution in [3.8, 4) is 0 Å². The van der Waals surface area contributed by atoms with Gasteiger partial charge in [-0.05, 0) is 32.4 Å². The molecule has 0 saturated carbocycles. The second-order valence-electron chi connectivity index (χ2n) is 4.11. The molecule has 2 atom stereocenters. The molecule has 1 aliphatic heterocycles. The summed E-state index contributed by atoms with van der Waals surface area (Å²) in [5, 5.41) is 0.245. The lowest BCUT2D eigenvalue weighted by molar-refractivity contribution is -0.00574. The van der Waals surface area contributed by atoms with Gasteiger partial charge in [-0.3, -0.25) is 0 Å². The molecule has 1 fully saturated rings. The van der Waals surface area contributed by atoms with Gasteiger partial charge in [0.25, 0.3) is 0 Å². The summed E-state index contributed by atoms with van der Waals surface area (Å²) in [5.41, 5.74) is 0. The van der Waals surface area contributed by atoms with E-state index in [9.17, 15) is 0 Å². The predicted octanol–water partition coefficient (Wildman–Crippen LogP) is 1.45. The van der Waals surface area contributed by atoms with Crippen LogP contribution in [-0.4, -0.2) is 40.2 Å². The Morgan fingerprint density at radius 3 is 2.38 bits per heavy atom. The normalized spacial score (nSPS) is 25.9. The van der Waals surface area contributed by atoms with Gasteiger partial charge in [0, 0.05) is 13.1 Å². The summed E-state index contributed by atoms with van der Waals surface area (Å²) in [6.45, 7) is 7.45. The average Bonchev–Trinajstić information content (AvgIpc) is 2.14. The van der Waals surface area contributed by atoms with Gasteiger partial charge in [-0.1, -0.05) is 0 Å². The van der Waals surface area contributed by atoms with E-state index in [1.54, 1.807) is 0 Å². The van der Waals surface area contributed by atoms with E-state index in [0.29, 0.717) is 11.8 Å². The summed E-state index contributed by atoms with van der Waals surface area (Å²) in [4.78, 5) is 14.5. The molecule has 0 aliphatic carbocycles. The van der Waals surface area contributed by atoms with Crippen LogP contribution in [0, 0.1) is 6.92 Å². The van der Waals surface area contributed by atoms with Crippen LogP contribution in [0.1, 0.15) is 19.7 Å². The van der Waals surface area contributed by atoms with Crippen molar-refractivity contribution in [3.63, 3.8) is 0 Å². The lowest BCUT2D eigenvalue weighted by atomic mass is 10.2. The monoisotopic (exact) mass is 242 g/mol. The van der Waals surface area contributed by atoms with Gasteiger partial charge in [-0.25, -0.2) is 4.98 Å². The smallest absolute Gasteiger partial charge is 0.230 e. The fraction of sp³-hybridized carbons (Fsp3) is 0.700. The van der Waals surface area contributed by atoms with Gasteiger partial charge in [0.05, 0.1) is 12.2 Å². The summed E-state index contributed by atoms with van der Waals surface area (Å²) in [6, 6.07) is 0. The van der Waals surface area contributed by atoms with E-state index in [4.69, 9.17) is 16.3 Å². The first-order valence-electron chi connectivity index (χ1n) is 5.33. The lowest BCUT2D eigenvalue weighted by Gasteiger charge is -2.35. The van der Waals surface area contributed by atoms with Crippen molar-refractivity contribution in [2.24, 2.45) is 0 Å². The van der Waals surface area contributed by atoms with Crippen LogP contribution in [0.15, 0.2) is 0 Å². The minimum absolute atomic E-state index is 0.180. The Bertz CT molecular complexity index is 357. The molecule has 1 saturated heterocycles. The Balaban J connectivity index is 2.22. The van der Waals surface area contributed by atoms with Crippen LogP contribution in [-0.2, 0) is 4.74 Å². The number of ether oxygens (including phenoxy) is 1. The summed E-state index contributed by atoms with van der Waals surface area (Å²) in [7, 11) is 0. The molecular formula is C10H15ClN4O. The maximum absolute atomic E-state index is 5.82. The first-order chi connectivity index (χ1) is 7.54. The minimum Gasteiger partial charge on any atom is -0.372 e. The Morgan fingerprint density at radius 2 is 1.81 bits per heavy atom. The molecule has 2 rings (SSSR count). The molecule has 2 unspecified atom stereocenters. The van der Waals surface area contributed by atoms with Crippen molar-refractivity contribution < 1.29 is 4.74 Å². The zero-order valence-electron chi connectivity index (χ0n) is 9.64. The van der Waals surface area contributed by atoms with Crippen LogP contribution in [0.4, 0.5) is 5.95 Å². The average molecular weight is 243 g/mol. The number of aromatic nitrogens is 3. The molecule has 0 spiro atoms. The van der Waals surface area contributed by atoms with E-state index in [0.717, 1.165) is 13.1 Å². The number of anilines is 1. The van der Waals surface area contributed by atoms with Gasteiger partial charge in [0.1, 0.15) is 5.82 Å².